The Morgan fingerprint density at radius 2 is 1.77 bits per heavy atom. The normalized spacial score (nSPS) is 15.8. The van der Waals surface area contributed by atoms with Crippen molar-refractivity contribution in [3.05, 3.63) is 51.6 Å². The van der Waals surface area contributed by atoms with Gasteiger partial charge in [0.05, 0.1) is 16.7 Å². The van der Waals surface area contributed by atoms with Gasteiger partial charge in [0.1, 0.15) is 29.2 Å². The molecule has 2 aliphatic rings. The molecule has 0 fully saturated rings. The predicted octanol–water partition coefficient (Wildman–Crippen LogP) is 1.39. The highest BCUT2D eigenvalue weighted by Crippen LogP contribution is 2.54. The molecule has 180 valence electrons. The lowest BCUT2D eigenvalue weighted by atomic mass is 10.0. The molecule has 1 atom stereocenters. The molecule has 2 aromatic carbocycles. The summed E-state index contributed by atoms with van der Waals surface area (Å²) in [6.45, 7) is 0.569. The average molecular weight is 486 g/mol. The molecule has 13 heteroatoms. The van der Waals surface area contributed by atoms with Gasteiger partial charge >= 0.3 is 23.9 Å². The molecule has 4 N–H and O–H groups in total. The fourth-order valence-electron chi connectivity index (χ4n) is 3.60. The minimum Gasteiger partial charge on any atom is -0.507 e. The van der Waals surface area contributed by atoms with Gasteiger partial charge in [-0.3, -0.25) is 4.79 Å². The molecule has 0 unspecified atom stereocenters. The summed E-state index contributed by atoms with van der Waals surface area (Å²) in [6.07, 6.45) is -0.688. The fraction of sp³-hybridized carbons (Fsp3) is 0.136. The van der Waals surface area contributed by atoms with E-state index in [1.807, 2.05) is 0 Å². The quantitative estimate of drug-likeness (QED) is 0.204. The van der Waals surface area contributed by atoms with Gasteiger partial charge in [-0.25, -0.2) is 19.2 Å². The van der Waals surface area contributed by atoms with Gasteiger partial charge in [0.15, 0.2) is 23.5 Å². The van der Waals surface area contributed by atoms with Crippen LogP contribution in [0.25, 0.3) is 0 Å². The number of aliphatic hydroxyl groups excluding tert-OH is 1. The Morgan fingerprint density at radius 3 is 2.43 bits per heavy atom. The third-order valence-corrected chi connectivity index (χ3v) is 5.12. The van der Waals surface area contributed by atoms with E-state index in [1.165, 1.54) is 6.92 Å². The van der Waals surface area contributed by atoms with E-state index < -0.39 is 87.8 Å². The maximum absolute atomic E-state index is 13.0. The lowest BCUT2D eigenvalue weighted by Gasteiger charge is -2.17. The van der Waals surface area contributed by atoms with Gasteiger partial charge in [-0.1, -0.05) is 0 Å². The van der Waals surface area contributed by atoms with Crippen molar-refractivity contribution < 1.29 is 63.3 Å². The zero-order valence-corrected chi connectivity index (χ0v) is 17.6. The number of aliphatic hydroxyl groups is 1. The number of phenols is 2. The first-order valence-corrected chi connectivity index (χ1v) is 9.65. The molecule has 2 aliphatic heterocycles. The van der Waals surface area contributed by atoms with Crippen LogP contribution in [0.3, 0.4) is 0 Å². The van der Waals surface area contributed by atoms with E-state index in [9.17, 15) is 39.3 Å². The van der Waals surface area contributed by atoms with E-state index in [0.717, 1.165) is 6.07 Å². The standard InChI is InChI=1S/C22H14O13/c1-7-4-10(24)8(5-23)17-13(7)20(29)34-18-9(6-32-12(27)3-2-11(25)26)16(28)14-15(19(18)33-17)22(31)35-21(14)30/h2-5,22,24,28,31H,6H2,1H3,(H,25,26)/b3-2+/t22-/m0/s1. The van der Waals surface area contributed by atoms with Crippen LogP contribution in [0, 0.1) is 6.92 Å². The van der Waals surface area contributed by atoms with E-state index in [-0.39, 0.29) is 17.4 Å². The number of aromatic hydroxyl groups is 2. The molecule has 0 aliphatic carbocycles. The number of carboxylic acids is 1. The zero-order chi connectivity index (χ0) is 25.6. The van der Waals surface area contributed by atoms with Crippen molar-refractivity contribution in [3.63, 3.8) is 0 Å². The molecule has 2 heterocycles. The number of rotatable bonds is 5. The summed E-state index contributed by atoms with van der Waals surface area (Å²) in [4.78, 5) is 59.3. The molecule has 0 bridgehead atoms. The lowest BCUT2D eigenvalue weighted by Crippen LogP contribution is -2.12. The van der Waals surface area contributed by atoms with E-state index in [1.54, 1.807) is 0 Å². The van der Waals surface area contributed by atoms with Gasteiger partial charge in [0, 0.05) is 12.2 Å². The molecular formula is C22H14O13. The number of carboxylic acid groups (broad SMARTS) is 1. The third-order valence-electron chi connectivity index (χ3n) is 5.12. The number of carbonyl (C=O) groups is 5. The smallest absolute Gasteiger partial charge is 0.347 e. The third kappa shape index (κ3) is 3.79. The van der Waals surface area contributed by atoms with Crippen LogP contribution in [0.2, 0.25) is 0 Å². The predicted molar refractivity (Wildman–Crippen MR) is 108 cm³/mol. The Kier molecular flexibility index (Phi) is 5.62. The molecule has 2 aromatic rings. The van der Waals surface area contributed by atoms with E-state index in [0.29, 0.717) is 12.2 Å². The second kappa shape index (κ2) is 8.46. The van der Waals surface area contributed by atoms with Gasteiger partial charge in [-0.15, -0.1) is 0 Å². The molecule has 4 rings (SSSR count). The van der Waals surface area contributed by atoms with Crippen LogP contribution in [-0.2, 0) is 25.7 Å². The lowest BCUT2D eigenvalue weighted by molar-refractivity contribution is -0.139. The van der Waals surface area contributed by atoms with Crippen LogP contribution in [0.5, 0.6) is 28.7 Å². The van der Waals surface area contributed by atoms with Crippen LogP contribution >= 0.6 is 0 Å². The number of aldehydes is 1. The maximum atomic E-state index is 13.0. The summed E-state index contributed by atoms with van der Waals surface area (Å²) in [7, 11) is 0. The summed E-state index contributed by atoms with van der Waals surface area (Å²) in [5, 5.41) is 39.8. The van der Waals surface area contributed by atoms with Crippen LogP contribution < -0.4 is 9.47 Å². The number of esters is 3. The zero-order valence-electron chi connectivity index (χ0n) is 17.6. The van der Waals surface area contributed by atoms with Crippen molar-refractivity contribution in [1.82, 2.24) is 0 Å². The first kappa shape index (κ1) is 23.3. The maximum Gasteiger partial charge on any atom is 0.347 e. The number of ether oxygens (including phenoxy) is 4. The van der Waals surface area contributed by atoms with E-state index in [2.05, 4.69) is 0 Å². The highest BCUT2D eigenvalue weighted by Gasteiger charge is 2.43. The van der Waals surface area contributed by atoms with Gasteiger partial charge in [-0.2, -0.15) is 0 Å². The Hall–Kier alpha value is -4.91. The molecule has 0 aromatic heterocycles. The summed E-state index contributed by atoms with van der Waals surface area (Å²) in [6, 6.07) is 1.12. The number of carbonyl (C=O) groups excluding carboxylic acids is 4. The Labute approximate surface area is 194 Å². The van der Waals surface area contributed by atoms with Crippen molar-refractivity contribution >= 4 is 30.2 Å². The van der Waals surface area contributed by atoms with Crippen LogP contribution in [-0.4, -0.2) is 50.6 Å². The topological polar surface area (TPSA) is 203 Å². The first-order valence-electron chi connectivity index (χ1n) is 9.65. The molecule has 0 saturated heterocycles. The van der Waals surface area contributed by atoms with Gasteiger partial charge < -0.3 is 39.4 Å². The monoisotopic (exact) mass is 486 g/mol. The van der Waals surface area contributed by atoms with E-state index >= 15 is 0 Å². The molecule has 0 radical (unpaired) electrons. The van der Waals surface area contributed by atoms with Crippen LogP contribution in [0.4, 0.5) is 0 Å². The first-order chi connectivity index (χ1) is 16.5. The van der Waals surface area contributed by atoms with Crippen molar-refractivity contribution in [2.75, 3.05) is 0 Å². The summed E-state index contributed by atoms with van der Waals surface area (Å²) in [5.74, 6) is -7.83. The molecule has 0 saturated carbocycles. The van der Waals surface area contributed by atoms with Crippen molar-refractivity contribution in [2.45, 2.75) is 19.8 Å². The Morgan fingerprint density at radius 1 is 1.06 bits per heavy atom. The van der Waals surface area contributed by atoms with Crippen molar-refractivity contribution in [1.29, 1.82) is 0 Å². The van der Waals surface area contributed by atoms with Gasteiger partial charge in [0.2, 0.25) is 6.29 Å². The Balaban J connectivity index is 1.93. The van der Waals surface area contributed by atoms with Crippen molar-refractivity contribution in [2.24, 2.45) is 0 Å². The van der Waals surface area contributed by atoms with Gasteiger partial charge in [-0.05, 0) is 18.6 Å². The number of phenolic OH excluding ortho intramolecular Hbond substituents is 2. The largest absolute Gasteiger partial charge is 0.507 e. The minimum atomic E-state index is -1.97. The SMILES string of the molecule is Cc1cc(O)c(C=O)c2c1C(=O)Oc1c(COC(=O)/C=C/C(=O)O)c(O)c3c(c1O2)[C@@H](O)OC3=O. The fourth-order valence-corrected chi connectivity index (χ4v) is 3.60. The summed E-state index contributed by atoms with van der Waals surface area (Å²) < 4.78 is 20.7. The molecule has 13 nitrogen and oxygen atoms in total. The number of hydrogen-bond donors (Lipinski definition) is 4. The molecule has 35 heavy (non-hydrogen) atoms. The summed E-state index contributed by atoms with van der Waals surface area (Å²) in [5.41, 5.74) is -2.07. The number of aliphatic carboxylic acids is 1. The second-order valence-electron chi connectivity index (χ2n) is 7.25. The molecule has 0 spiro atoms. The number of benzene rings is 2. The average Bonchev–Trinajstić information content (AvgIpc) is 2.98. The Bertz CT molecular complexity index is 1370. The van der Waals surface area contributed by atoms with Crippen LogP contribution in [0.15, 0.2) is 18.2 Å². The number of hydrogen-bond acceptors (Lipinski definition) is 12. The number of cyclic esters (lactones) is 1. The van der Waals surface area contributed by atoms with Crippen LogP contribution in [0.1, 0.15) is 54.1 Å². The summed E-state index contributed by atoms with van der Waals surface area (Å²) >= 11 is 0. The minimum absolute atomic E-state index is 0.140. The van der Waals surface area contributed by atoms with E-state index in [4.69, 9.17) is 24.1 Å². The van der Waals surface area contributed by atoms with Crippen molar-refractivity contribution in [3.8, 4) is 28.7 Å². The number of fused-ring (bicyclic) bond motifs is 4. The molecular weight excluding hydrogens is 472 g/mol. The highest BCUT2D eigenvalue weighted by molar-refractivity contribution is 6.04. The highest BCUT2D eigenvalue weighted by atomic mass is 16.6. The number of aryl methyl sites for hydroxylation is 1. The second-order valence-corrected chi connectivity index (χ2v) is 7.25. The molecule has 0 amide bonds. The van der Waals surface area contributed by atoms with Gasteiger partial charge in [0.25, 0.3) is 0 Å².